The molecule has 4 nitrogen and oxygen atoms in total. The van der Waals surface area contributed by atoms with Crippen LogP contribution in [0.4, 0.5) is 0 Å². The van der Waals surface area contributed by atoms with Crippen molar-refractivity contribution in [2.24, 2.45) is 5.92 Å². The number of fused-ring (bicyclic) bond motifs is 2. The Hall–Kier alpha value is -0.160. The number of rotatable bonds is 8. The van der Waals surface area contributed by atoms with Crippen molar-refractivity contribution in [3.63, 3.8) is 0 Å². The molecule has 2 aliphatic rings. The van der Waals surface area contributed by atoms with Crippen molar-refractivity contribution in [3.05, 3.63) is 0 Å². The third kappa shape index (κ3) is 3.91. The van der Waals surface area contributed by atoms with E-state index in [0.29, 0.717) is 12.5 Å². The highest BCUT2D eigenvalue weighted by Gasteiger charge is 2.44. The predicted molar refractivity (Wildman–Crippen MR) is 73.1 cm³/mol. The Balaban J connectivity index is 1.78. The number of methoxy groups -OCH3 is 1. The number of ether oxygens (including phenoxy) is 4. The molecular weight excluding hydrogens is 244 g/mol. The summed E-state index contributed by atoms with van der Waals surface area (Å²) >= 11 is 0. The summed E-state index contributed by atoms with van der Waals surface area (Å²) in [6.07, 6.45) is 5.93. The van der Waals surface area contributed by atoms with Gasteiger partial charge in [-0.2, -0.15) is 0 Å². The van der Waals surface area contributed by atoms with Crippen LogP contribution >= 0.6 is 0 Å². The fraction of sp³-hybridized carbons (Fsp3) is 1.00. The number of hydrogen-bond donors (Lipinski definition) is 0. The largest absolute Gasteiger partial charge is 0.376 e. The maximum atomic E-state index is 6.11. The molecule has 0 aromatic heterocycles. The first-order valence-corrected chi connectivity index (χ1v) is 7.69. The molecular formula is C15H28O4. The first-order chi connectivity index (χ1) is 9.28. The van der Waals surface area contributed by atoms with Crippen LogP contribution in [0.2, 0.25) is 0 Å². The molecule has 112 valence electrons. The van der Waals surface area contributed by atoms with E-state index in [1.165, 1.54) is 25.7 Å². The Kier molecular flexibility index (Phi) is 6.07. The molecule has 0 amide bonds. The van der Waals surface area contributed by atoms with Gasteiger partial charge in [-0.15, -0.1) is 0 Å². The smallest absolute Gasteiger partial charge is 0.184 e. The Morgan fingerprint density at radius 2 is 2.11 bits per heavy atom. The topological polar surface area (TPSA) is 36.9 Å². The van der Waals surface area contributed by atoms with Crippen LogP contribution in [0.25, 0.3) is 0 Å². The standard InChI is InChI=1S/C15H28O4/c1-4-6-7-11(5-2)9-17-12-8-13(16-3)15-18-10-14(12)19-15/h11-15H,4-10H2,1-3H3/t11?,12-,13+,14+,15?/m0/s1. The first kappa shape index (κ1) is 15.2. The highest BCUT2D eigenvalue weighted by Crippen LogP contribution is 2.31. The second-order valence-electron chi connectivity index (χ2n) is 5.67. The van der Waals surface area contributed by atoms with Crippen LogP contribution in [0.15, 0.2) is 0 Å². The Bertz CT molecular complexity index is 259. The summed E-state index contributed by atoms with van der Waals surface area (Å²) in [4.78, 5) is 0. The highest BCUT2D eigenvalue weighted by atomic mass is 16.7. The lowest BCUT2D eigenvalue weighted by Gasteiger charge is -2.33. The third-order valence-corrected chi connectivity index (χ3v) is 4.31. The molecule has 2 saturated heterocycles. The van der Waals surface area contributed by atoms with Gasteiger partial charge in [-0.05, 0) is 12.3 Å². The van der Waals surface area contributed by atoms with Crippen LogP contribution in [0.5, 0.6) is 0 Å². The molecule has 0 spiro atoms. The van der Waals surface area contributed by atoms with Crippen LogP contribution < -0.4 is 0 Å². The maximum Gasteiger partial charge on any atom is 0.184 e. The lowest BCUT2D eigenvalue weighted by molar-refractivity contribution is -0.200. The summed E-state index contributed by atoms with van der Waals surface area (Å²) in [6, 6.07) is 0. The Labute approximate surface area is 116 Å². The van der Waals surface area contributed by atoms with Crippen LogP contribution in [0.1, 0.15) is 46.0 Å². The summed E-state index contributed by atoms with van der Waals surface area (Å²) in [5.74, 6) is 0.668. The summed E-state index contributed by atoms with van der Waals surface area (Å²) in [5, 5.41) is 0. The molecule has 0 radical (unpaired) electrons. The number of hydrogen-bond acceptors (Lipinski definition) is 4. The molecule has 0 aromatic rings. The molecule has 0 saturated carbocycles. The van der Waals surface area contributed by atoms with Crippen molar-refractivity contribution in [1.82, 2.24) is 0 Å². The van der Waals surface area contributed by atoms with Gasteiger partial charge >= 0.3 is 0 Å². The lowest BCUT2D eigenvalue weighted by Crippen LogP contribution is -2.44. The van der Waals surface area contributed by atoms with Crippen molar-refractivity contribution >= 4 is 0 Å². The summed E-state index contributed by atoms with van der Waals surface area (Å²) in [5.41, 5.74) is 0. The quantitative estimate of drug-likeness (QED) is 0.681. The van der Waals surface area contributed by atoms with E-state index in [4.69, 9.17) is 18.9 Å². The predicted octanol–water partition coefficient (Wildman–Crippen LogP) is 2.75. The van der Waals surface area contributed by atoms with Gasteiger partial charge in [-0.25, -0.2) is 0 Å². The molecule has 2 rings (SSSR count). The molecule has 5 atom stereocenters. The number of unbranched alkanes of at least 4 members (excludes halogenated alkanes) is 1. The van der Waals surface area contributed by atoms with Crippen molar-refractivity contribution in [3.8, 4) is 0 Å². The molecule has 2 aliphatic heterocycles. The Morgan fingerprint density at radius 1 is 1.26 bits per heavy atom. The zero-order valence-electron chi connectivity index (χ0n) is 12.5. The average molecular weight is 272 g/mol. The van der Waals surface area contributed by atoms with E-state index in [1.54, 1.807) is 7.11 Å². The monoisotopic (exact) mass is 272 g/mol. The zero-order valence-corrected chi connectivity index (χ0v) is 12.5. The SMILES string of the molecule is CCCCC(CC)CO[C@H]1C[C@@H](OC)C2OC[C@H]1O2. The molecule has 2 unspecified atom stereocenters. The second kappa shape index (κ2) is 7.58. The molecule has 19 heavy (non-hydrogen) atoms. The fourth-order valence-corrected chi connectivity index (χ4v) is 2.86. The van der Waals surface area contributed by atoms with Gasteiger partial charge in [-0.1, -0.05) is 33.1 Å². The normalized spacial score (nSPS) is 35.5. The summed E-state index contributed by atoms with van der Waals surface area (Å²) < 4.78 is 22.9. The highest BCUT2D eigenvalue weighted by molar-refractivity contribution is 4.87. The average Bonchev–Trinajstić information content (AvgIpc) is 2.86. The zero-order chi connectivity index (χ0) is 13.7. The lowest BCUT2D eigenvalue weighted by atomic mass is 9.99. The first-order valence-electron chi connectivity index (χ1n) is 7.69. The van der Waals surface area contributed by atoms with E-state index in [1.807, 2.05) is 0 Å². The minimum atomic E-state index is -0.183. The fourth-order valence-electron chi connectivity index (χ4n) is 2.86. The van der Waals surface area contributed by atoms with Crippen LogP contribution in [-0.4, -0.2) is 44.9 Å². The van der Waals surface area contributed by atoms with E-state index in [0.717, 1.165) is 13.0 Å². The third-order valence-electron chi connectivity index (χ3n) is 4.31. The maximum absolute atomic E-state index is 6.11. The van der Waals surface area contributed by atoms with Gasteiger partial charge < -0.3 is 18.9 Å². The molecule has 0 aromatic carbocycles. The van der Waals surface area contributed by atoms with Crippen LogP contribution in [0, 0.1) is 5.92 Å². The van der Waals surface area contributed by atoms with Crippen molar-refractivity contribution in [1.29, 1.82) is 0 Å². The van der Waals surface area contributed by atoms with Gasteiger partial charge in [0.25, 0.3) is 0 Å². The van der Waals surface area contributed by atoms with Gasteiger partial charge in [0, 0.05) is 20.1 Å². The summed E-state index contributed by atoms with van der Waals surface area (Å²) in [7, 11) is 1.71. The summed E-state index contributed by atoms with van der Waals surface area (Å²) in [6.45, 7) is 5.96. The van der Waals surface area contributed by atoms with E-state index < -0.39 is 0 Å². The molecule has 0 N–H and O–H groups in total. The van der Waals surface area contributed by atoms with Gasteiger partial charge in [0.2, 0.25) is 0 Å². The van der Waals surface area contributed by atoms with Gasteiger partial charge in [0.1, 0.15) is 12.2 Å². The second-order valence-corrected chi connectivity index (χ2v) is 5.67. The van der Waals surface area contributed by atoms with E-state index in [-0.39, 0.29) is 24.6 Å². The van der Waals surface area contributed by atoms with Gasteiger partial charge in [0.05, 0.1) is 12.7 Å². The molecule has 2 heterocycles. The molecule has 2 fully saturated rings. The van der Waals surface area contributed by atoms with Crippen LogP contribution in [-0.2, 0) is 18.9 Å². The van der Waals surface area contributed by atoms with Crippen molar-refractivity contribution in [2.75, 3.05) is 20.3 Å². The van der Waals surface area contributed by atoms with E-state index in [2.05, 4.69) is 13.8 Å². The van der Waals surface area contributed by atoms with Crippen molar-refractivity contribution in [2.45, 2.75) is 70.6 Å². The molecule has 4 heteroatoms. The van der Waals surface area contributed by atoms with E-state index >= 15 is 0 Å². The molecule has 2 bridgehead atoms. The Morgan fingerprint density at radius 3 is 2.79 bits per heavy atom. The minimum Gasteiger partial charge on any atom is -0.376 e. The van der Waals surface area contributed by atoms with E-state index in [9.17, 15) is 0 Å². The van der Waals surface area contributed by atoms with Gasteiger partial charge in [0.15, 0.2) is 6.29 Å². The van der Waals surface area contributed by atoms with Crippen molar-refractivity contribution < 1.29 is 18.9 Å². The van der Waals surface area contributed by atoms with Gasteiger partial charge in [-0.3, -0.25) is 0 Å². The minimum absolute atomic E-state index is 0.0134. The molecule has 0 aliphatic carbocycles. The van der Waals surface area contributed by atoms with Crippen LogP contribution in [0.3, 0.4) is 0 Å².